The van der Waals surface area contributed by atoms with Crippen LogP contribution >= 0.6 is 0 Å². The number of rotatable bonds is 4. The maximum atomic E-state index is 7.23. The Morgan fingerprint density at radius 2 is 1.63 bits per heavy atom. The molecule has 3 nitrogen and oxygen atoms in total. The van der Waals surface area contributed by atoms with E-state index in [2.05, 4.69) is 79.4 Å². The van der Waals surface area contributed by atoms with E-state index in [0.717, 1.165) is 33.7 Å². The first-order valence-electron chi connectivity index (χ1n) is 16.4. The molecule has 221 valence electrons. The van der Waals surface area contributed by atoms with E-state index in [4.69, 9.17) is 13.5 Å². The third-order valence-electron chi connectivity index (χ3n) is 8.13. The Bertz CT molecular complexity index is 1890. The van der Waals surface area contributed by atoms with Gasteiger partial charge in [-0.1, -0.05) is 91.4 Å². The summed E-state index contributed by atoms with van der Waals surface area (Å²) in [4.78, 5) is 8.96. The van der Waals surface area contributed by atoms with Crippen LogP contribution in [0.2, 0.25) is 19.6 Å². The van der Waals surface area contributed by atoms with Gasteiger partial charge in [-0.25, -0.2) is 0 Å². The van der Waals surface area contributed by atoms with Gasteiger partial charge in [-0.15, -0.1) is 54.1 Å². The topological polar surface area (TPSA) is 38.9 Å². The van der Waals surface area contributed by atoms with Crippen molar-refractivity contribution >= 4 is 35.2 Å². The monoisotopic (exact) mass is 762 g/mol. The van der Waals surface area contributed by atoms with E-state index in [1.54, 1.807) is 18.2 Å². The number of pyridine rings is 2. The predicted octanol–water partition coefficient (Wildman–Crippen LogP) is 9.90. The number of benzene rings is 3. The third-order valence-corrected chi connectivity index (χ3v) is 10.2. The molecule has 0 bridgehead atoms. The van der Waals surface area contributed by atoms with Crippen molar-refractivity contribution in [2.75, 3.05) is 0 Å². The van der Waals surface area contributed by atoms with E-state index in [1.165, 1.54) is 59.8 Å². The zero-order valence-electron chi connectivity index (χ0n) is 27.9. The maximum absolute atomic E-state index is 7.23. The van der Waals surface area contributed by atoms with E-state index in [1.807, 2.05) is 24.3 Å². The van der Waals surface area contributed by atoms with Crippen molar-refractivity contribution in [2.45, 2.75) is 64.5 Å². The van der Waals surface area contributed by atoms with Gasteiger partial charge in [0, 0.05) is 42.0 Å². The van der Waals surface area contributed by atoms with Crippen LogP contribution in [0.3, 0.4) is 0 Å². The van der Waals surface area contributed by atoms with Crippen LogP contribution in [0.1, 0.15) is 53.3 Å². The SMILES string of the molecule is C[Si](C)(C)c1cccc2oc3c(-c4ccc(C5CCCCC5)cn4)[c-]ccc3c12.[2H]C([2H])([2H])c1ccc(-c2[c-]cccc2)nc1.[Ir]. The molecule has 0 amide bonds. The number of furan rings is 1. The molecule has 0 aliphatic heterocycles. The number of aryl methyl sites for hydroxylation is 1. The average Bonchev–Trinajstić information content (AvgIpc) is 3.44. The second-order valence-corrected chi connectivity index (χ2v) is 17.2. The van der Waals surface area contributed by atoms with Crippen LogP contribution in [-0.4, -0.2) is 18.0 Å². The Hall–Kier alpha value is -3.37. The van der Waals surface area contributed by atoms with Gasteiger partial charge in [0.1, 0.15) is 5.58 Å². The number of hydrogen-bond acceptors (Lipinski definition) is 3. The summed E-state index contributed by atoms with van der Waals surface area (Å²) < 4.78 is 28.1. The summed E-state index contributed by atoms with van der Waals surface area (Å²) in [6, 6.07) is 32.2. The molecule has 3 heterocycles. The molecular weight excluding hydrogens is 721 g/mol. The predicted molar refractivity (Wildman–Crippen MR) is 178 cm³/mol. The molecule has 7 rings (SSSR count). The first-order chi connectivity index (χ1) is 21.6. The molecule has 1 radical (unpaired) electrons. The summed E-state index contributed by atoms with van der Waals surface area (Å²) in [7, 11) is -1.49. The smallest absolute Gasteiger partial charge is 0.120 e. The fourth-order valence-electron chi connectivity index (χ4n) is 5.94. The number of hydrogen-bond donors (Lipinski definition) is 0. The molecule has 43 heavy (non-hydrogen) atoms. The number of nitrogens with zero attached hydrogens (tertiary/aromatic N) is 2. The quantitative estimate of drug-likeness (QED) is 0.133. The van der Waals surface area contributed by atoms with Gasteiger partial charge >= 0.3 is 0 Å². The molecule has 0 N–H and O–H groups in total. The Balaban J connectivity index is 0.000000209. The van der Waals surface area contributed by atoms with Crippen molar-refractivity contribution in [3.05, 3.63) is 115 Å². The normalized spacial score (nSPS) is 15.1. The molecule has 3 aromatic carbocycles. The Labute approximate surface area is 274 Å². The summed E-state index contributed by atoms with van der Waals surface area (Å²) in [6.45, 7) is 5.08. The van der Waals surface area contributed by atoms with Crippen LogP contribution < -0.4 is 5.19 Å². The van der Waals surface area contributed by atoms with Crippen molar-refractivity contribution in [2.24, 2.45) is 0 Å². The fraction of sp³-hybridized carbons (Fsp3) is 0.263. The van der Waals surface area contributed by atoms with Gasteiger partial charge in [-0.3, -0.25) is 0 Å². The molecule has 1 aliphatic carbocycles. The van der Waals surface area contributed by atoms with Crippen LogP contribution in [0.4, 0.5) is 0 Å². The van der Waals surface area contributed by atoms with Crippen molar-refractivity contribution < 1.29 is 28.6 Å². The fourth-order valence-corrected chi connectivity index (χ4v) is 7.55. The minimum atomic E-state index is -2.09. The van der Waals surface area contributed by atoms with E-state index < -0.39 is 14.9 Å². The molecule has 1 fully saturated rings. The Kier molecular flexibility index (Phi) is 8.54. The molecule has 1 saturated carbocycles. The number of aromatic nitrogens is 2. The largest absolute Gasteiger partial charge is 0.501 e. The van der Waals surface area contributed by atoms with Crippen molar-refractivity contribution in [3.63, 3.8) is 0 Å². The molecule has 1 aliphatic rings. The van der Waals surface area contributed by atoms with Gasteiger partial charge in [0.05, 0.1) is 13.7 Å². The molecular formula is C38H38IrN2OSi-2. The Morgan fingerprint density at radius 3 is 2.30 bits per heavy atom. The van der Waals surface area contributed by atoms with Crippen LogP contribution in [-0.2, 0) is 20.1 Å². The second-order valence-electron chi connectivity index (χ2n) is 12.1. The first kappa shape index (κ1) is 27.2. The van der Waals surface area contributed by atoms with Crippen LogP contribution in [0.25, 0.3) is 44.5 Å². The third kappa shape index (κ3) is 6.91. The summed E-state index contributed by atoms with van der Waals surface area (Å²) in [5, 5.41) is 3.91. The summed E-state index contributed by atoms with van der Waals surface area (Å²) >= 11 is 0. The van der Waals surface area contributed by atoms with Gasteiger partial charge < -0.3 is 14.4 Å². The molecule has 0 spiro atoms. The van der Waals surface area contributed by atoms with Gasteiger partial charge in [0.15, 0.2) is 0 Å². The molecule has 0 saturated heterocycles. The van der Waals surface area contributed by atoms with E-state index in [0.29, 0.717) is 5.92 Å². The van der Waals surface area contributed by atoms with Gasteiger partial charge in [-0.2, -0.15) is 0 Å². The second kappa shape index (κ2) is 13.5. The standard InChI is InChI=1S/C26H28NOSi.C12H10N.Ir/c1-29(2,3)24-14-8-13-23-25(24)21-12-7-11-20(26(21)28-23)22-16-15-19(17-27-22)18-9-5-4-6-10-18;1-10-7-8-12(13-9-10)11-5-3-2-4-6-11;/h7-8,12-18H,4-6,9-10H2,1-3H3;2-5,7-9H,1H3;/q2*-1;/i;1D3;. The molecule has 6 aromatic rings. The summed E-state index contributed by atoms with van der Waals surface area (Å²) in [5.74, 6) is 0.676. The minimum absolute atomic E-state index is 0. The van der Waals surface area contributed by atoms with Crippen LogP contribution in [0.5, 0.6) is 0 Å². The van der Waals surface area contributed by atoms with Crippen molar-refractivity contribution in [1.29, 1.82) is 0 Å². The maximum Gasteiger partial charge on any atom is 0.120 e. The van der Waals surface area contributed by atoms with Gasteiger partial charge in [-0.05, 0) is 54.2 Å². The van der Waals surface area contributed by atoms with Gasteiger partial charge in [0.2, 0.25) is 0 Å². The zero-order valence-corrected chi connectivity index (χ0v) is 28.3. The van der Waals surface area contributed by atoms with Crippen molar-refractivity contribution in [3.8, 4) is 22.5 Å². The van der Waals surface area contributed by atoms with E-state index in [-0.39, 0.29) is 25.7 Å². The molecule has 3 aromatic heterocycles. The van der Waals surface area contributed by atoms with E-state index >= 15 is 0 Å². The van der Waals surface area contributed by atoms with E-state index in [9.17, 15) is 0 Å². The van der Waals surface area contributed by atoms with Crippen LogP contribution in [0, 0.1) is 19.0 Å². The minimum Gasteiger partial charge on any atom is -0.501 e. The molecule has 5 heteroatoms. The van der Waals surface area contributed by atoms with Crippen LogP contribution in [0.15, 0.2) is 95.7 Å². The molecule has 0 unspecified atom stereocenters. The zero-order chi connectivity index (χ0) is 31.6. The first-order valence-corrected chi connectivity index (χ1v) is 18.4. The summed E-state index contributed by atoms with van der Waals surface area (Å²) in [6.07, 6.45) is 10.1. The Morgan fingerprint density at radius 1 is 0.814 bits per heavy atom. The van der Waals surface area contributed by atoms with Gasteiger partial charge in [0.25, 0.3) is 0 Å². The molecule has 0 atom stereocenters. The van der Waals surface area contributed by atoms with Crippen molar-refractivity contribution in [1.82, 2.24) is 9.97 Å². The number of fused-ring (bicyclic) bond motifs is 3. The summed E-state index contributed by atoms with van der Waals surface area (Å²) in [5.41, 5.74) is 7.02. The average molecular weight is 762 g/mol.